The maximum Gasteiger partial charge on any atom is 0.159 e. The van der Waals surface area contributed by atoms with Crippen LogP contribution in [0.2, 0.25) is 0 Å². The van der Waals surface area contributed by atoms with Crippen LogP contribution < -0.4 is 5.32 Å². The van der Waals surface area contributed by atoms with Gasteiger partial charge < -0.3 is 5.32 Å². The standard InChI is InChI=1S/C10H12BrN5/c1-6-10(11)7(2)16(15-6)9-4-8(12-3)13-5-14-9/h4-5H,1-3H3,(H,12,13,14). The first-order chi connectivity index (χ1) is 7.63. The minimum atomic E-state index is 0.755. The number of rotatable bonds is 2. The number of aryl methyl sites for hydroxylation is 1. The summed E-state index contributed by atoms with van der Waals surface area (Å²) in [5, 5.41) is 7.38. The average Bonchev–Trinajstić information content (AvgIpc) is 2.57. The molecule has 2 heterocycles. The highest BCUT2D eigenvalue weighted by Crippen LogP contribution is 2.22. The molecule has 0 fully saturated rings. The smallest absolute Gasteiger partial charge is 0.159 e. The molecule has 0 aliphatic heterocycles. The van der Waals surface area contributed by atoms with Gasteiger partial charge in [0.25, 0.3) is 0 Å². The highest BCUT2D eigenvalue weighted by molar-refractivity contribution is 9.10. The van der Waals surface area contributed by atoms with Crippen LogP contribution in [0.1, 0.15) is 11.4 Å². The topological polar surface area (TPSA) is 55.6 Å². The van der Waals surface area contributed by atoms with Crippen LogP contribution >= 0.6 is 15.9 Å². The van der Waals surface area contributed by atoms with Crippen LogP contribution in [0.3, 0.4) is 0 Å². The molecular formula is C10H12BrN5. The number of anilines is 1. The fourth-order valence-electron chi connectivity index (χ4n) is 1.45. The molecule has 84 valence electrons. The molecule has 0 bridgehead atoms. The van der Waals surface area contributed by atoms with Crippen molar-refractivity contribution in [3.8, 4) is 5.82 Å². The summed E-state index contributed by atoms with van der Waals surface area (Å²) in [5.41, 5.74) is 1.97. The maximum absolute atomic E-state index is 4.41. The van der Waals surface area contributed by atoms with Crippen molar-refractivity contribution < 1.29 is 0 Å². The molecule has 0 radical (unpaired) electrons. The molecular weight excluding hydrogens is 270 g/mol. The molecule has 0 atom stereocenters. The minimum Gasteiger partial charge on any atom is -0.373 e. The molecule has 0 saturated carbocycles. The Morgan fingerprint density at radius 1 is 1.31 bits per heavy atom. The Labute approximate surface area is 102 Å². The Kier molecular flexibility index (Phi) is 2.91. The van der Waals surface area contributed by atoms with E-state index in [1.165, 1.54) is 6.33 Å². The average molecular weight is 282 g/mol. The number of nitrogens with zero attached hydrogens (tertiary/aromatic N) is 4. The van der Waals surface area contributed by atoms with E-state index in [9.17, 15) is 0 Å². The lowest BCUT2D eigenvalue weighted by Gasteiger charge is -2.04. The first-order valence-corrected chi connectivity index (χ1v) is 5.64. The molecule has 0 aromatic carbocycles. The van der Waals surface area contributed by atoms with E-state index in [0.29, 0.717) is 0 Å². The van der Waals surface area contributed by atoms with Crippen molar-refractivity contribution in [1.82, 2.24) is 19.7 Å². The zero-order valence-corrected chi connectivity index (χ0v) is 10.9. The van der Waals surface area contributed by atoms with Crippen molar-refractivity contribution in [2.24, 2.45) is 0 Å². The van der Waals surface area contributed by atoms with E-state index >= 15 is 0 Å². The molecule has 2 rings (SSSR count). The first-order valence-electron chi connectivity index (χ1n) is 4.85. The van der Waals surface area contributed by atoms with Gasteiger partial charge in [0, 0.05) is 13.1 Å². The monoisotopic (exact) mass is 281 g/mol. The van der Waals surface area contributed by atoms with Gasteiger partial charge in [0.05, 0.1) is 15.9 Å². The van der Waals surface area contributed by atoms with Crippen LogP contribution in [0.5, 0.6) is 0 Å². The zero-order chi connectivity index (χ0) is 11.7. The molecule has 0 amide bonds. The summed E-state index contributed by atoms with van der Waals surface area (Å²) in [7, 11) is 1.82. The summed E-state index contributed by atoms with van der Waals surface area (Å²) in [6.07, 6.45) is 1.52. The summed E-state index contributed by atoms with van der Waals surface area (Å²) in [5.74, 6) is 1.53. The Balaban J connectivity index is 2.54. The Bertz CT molecular complexity index is 520. The SMILES string of the molecule is CNc1cc(-n2nc(C)c(Br)c2C)ncn1. The predicted molar refractivity (Wildman–Crippen MR) is 65.9 cm³/mol. The van der Waals surface area contributed by atoms with Crippen molar-refractivity contribution >= 4 is 21.7 Å². The van der Waals surface area contributed by atoms with Gasteiger partial charge in [-0.1, -0.05) is 0 Å². The van der Waals surface area contributed by atoms with Crippen molar-refractivity contribution in [1.29, 1.82) is 0 Å². The van der Waals surface area contributed by atoms with Crippen LogP contribution in [0.25, 0.3) is 5.82 Å². The fourth-order valence-corrected chi connectivity index (χ4v) is 1.69. The molecule has 0 aliphatic carbocycles. The number of nitrogens with one attached hydrogen (secondary N) is 1. The van der Waals surface area contributed by atoms with Gasteiger partial charge in [0.2, 0.25) is 0 Å². The minimum absolute atomic E-state index is 0.755. The normalized spacial score (nSPS) is 10.5. The zero-order valence-electron chi connectivity index (χ0n) is 9.32. The second kappa shape index (κ2) is 4.21. The van der Waals surface area contributed by atoms with Gasteiger partial charge in [-0.05, 0) is 29.8 Å². The third-order valence-corrected chi connectivity index (χ3v) is 3.48. The van der Waals surface area contributed by atoms with E-state index in [0.717, 1.165) is 27.5 Å². The summed E-state index contributed by atoms with van der Waals surface area (Å²) in [6.45, 7) is 3.94. The lowest BCUT2D eigenvalue weighted by Crippen LogP contribution is -2.04. The quantitative estimate of drug-likeness (QED) is 0.916. The summed E-state index contributed by atoms with van der Waals surface area (Å²) in [4.78, 5) is 8.27. The molecule has 0 unspecified atom stereocenters. The molecule has 6 heteroatoms. The summed E-state index contributed by atoms with van der Waals surface area (Å²) in [6, 6.07) is 1.85. The fraction of sp³-hybridized carbons (Fsp3) is 0.300. The number of hydrogen-bond donors (Lipinski definition) is 1. The number of hydrogen-bond acceptors (Lipinski definition) is 4. The van der Waals surface area contributed by atoms with Crippen molar-refractivity contribution in [3.63, 3.8) is 0 Å². The van der Waals surface area contributed by atoms with E-state index in [4.69, 9.17) is 0 Å². The number of aromatic nitrogens is 4. The van der Waals surface area contributed by atoms with E-state index < -0.39 is 0 Å². The van der Waals surface area contributed by atoms with Crippen molar-refractivity contribution in [2.75, 3.05) is 12.4 Å². The van der Waals surface area contributed by atoms with Gasteiger partial charge in [-0.15, -0.1) is 0 Å². The first kappa shape index (κ1) is 11.1. The molecule has 0 saturated heterocycles. The molecule has 5 nitrogen and oxygen atoms in total. The van der Waals surface area contributed by atoms with Gasteiger partial charge in [-0.2, -0.15) is 5.10 Å². The van der Waals surface area contributed by atoms with Gasteiger partial charge in [0.15, 0.2) is 5.82 Å². The predicted octanol–water partition coefficient (Wildman–Crippen LogP) is 2.08. The van der Waals surface area contributed by atoms with Crippen LogP contribution in [-0.4, -0.2) is 26.8 Å². The summed E-state index contributed by atoms with van der Waals surface area (Å²) < 4.78 is 2.80. The van der Waals surface area contributed by atoms with Gasteiger partial charge >= 0.3 is 0 Å². The number of halogens is 1. The molecule has 0 spiro atoms. The second-order valence-corrected chi connectivity index (χ2v) is 4.20. The lowest BCUT2D eigenvalue weighted by molar-refractivity contribution is 0.801. The largest absolute Gasteiger partial charge is 0.373 e. The second-order valence-electron chi connectivity index (χ2n) is 3.41. The van der Waals surface area contributed by atoms with Gasteiger partial charge in [0.1, 0.15) is 12.1 Å². The molecule has 2 aromatic rings. The molecule has 0 aliphatic rings. The summed E-state index contributed by atoms with van der Waals surface area (Å²) >= 11 is 3.49. The molecule has 1 N–H and O–H groups in total. The van der Waals surface area contributed by atoms with Gasteiger partial charge in [-0.25, -0.2) is 14.6 Å². The van der Waals surface area contributed by atoms with Crippen LogP contribution in [0.4, 0.5) is 5.82 Å². The third-order valence-electron chi connectivity index (χ3n) is 2.33. The van der Waals surface area contributed by atoms with E-state index in [2.05, 4.69) is 36.3 Å². The Morgan fingerprint density at radius 2 is 2.06 bits per heavy atom. The highest BCUT2D eigenvalue weighted by Gasteiger charge is 2.11. The van der Waals surface area contributed by atoms with Crippen molar-refractivity contribution in [3.05, 3.63) is 28.3 Å². The van der Waals surface area contributed by atoms with E-state index in [-0.39, 0.29) is 0 Å². The Hall–Kier alpha value is -1.43. The highest BCUT2D eigenvalue weighted by atomic mass is 79.9. The maximum atomic E-state index is 4.41. The van der Waals surface area contributed by atoms with Gasteiger partial charge in [-0.3, -0.25) is 0 Å². The van der Waals surface area contributed by atoms with E-state index in [1.54, 1.807) is 4.68 Å². The molecule has 2 aromatic heterocycles. The Morgan fingerprint density at radius 3 is 2.62 bits per heavy atom. The van der Waals surface area contributed by atoms with E-state index in [1.807, 2.05) is 27.0 Å². The van der Waals surface area contributed by atoms with Crippen molar-refractivity contribution in [2.45, 2.75) is 13.8 Å². The lowest BCUT2D eigenvalue weighted by atomic mass is 10.4. The van der Waals surface area contributed by atoms with Crippen LogP contribution in [0, 0.1) is 13.8 Å². The van der Waals surface area contributed by atoms with Crippen LogP contribution in [-0.2, 0) is 0 Å². The molecule has 16 heavy (non-hydrogen) atoms. The third kappa shape index (κ3) is 1.80. The van der Waals surface area contributed by atoms with Crippen LogP contribution in [0.15, 0.2) is 16.9 Å².